The predicted octanol–water partition coefficient (Wildman–Crippen LogP) is 6.57. The van der Waals surface area contributed by atoms with Crippen molar-refractivity contribution in [2.24, 2.45) is 0 Å². The number of fused-ring (bicyclic) bond motifs is 2. The average Bonchev–Trinajstić information content (AvgIpc) is 3.15. The minimum Gasteiger partial charge on any atom is -0.436 e. The van der Waals surface area contributed by atoms with Crippen molar-refractivity contribution in [1.82, 2.24) is 9.97 Å². The Bertz CT molecular complexity index is 1100. The molecule has 0 bridgehead atoms. The van der Waals surface area contributed by atoms with E-state index in [1.165, 1.54) is 11.1 Å². The molecule has 0 aliphatic rings. The summed E-state index contributed by atoms with van der Waals surface area (Å²) >= 11 is 0. The molecule has 2 aromatic carbocycles. The molecule has 2 aromatic heterocycles. The zero-order valence-electron chi connectivity index (χ0n) is 16.4. The smallest absolute Gasteiger partial charge is 0.229 e. The fourth-order valence-corrected chi connectivity index (χ4v) is 3.39. The van der Waals surface area contributed by atoms with E-state index in [0.29, 0.717) is 5.89 Å². The first kappa shape index (κ1) is 16.9. The molecule has 0 spiro atoms. The molecule has 0 saturated carbocycles. The summed E-state index contributed by atoms with van der Waals surface area (Å²) in [7, 11) is 0. The Kier molecular flexibility index (Phi) is 3.56. The van der Waals surface area contributed by atoms with E-state index in [4.69, 9.17) is 9.40 Å². The summed E-state index contributed by atoms with van der Waals surface area (Å²) in [6.45, 7) is 13.4. The average molecular weight is 346 g/mol. The van der Waals surface area contributed by atoms with Crippen molar-refractivity contribution < 1.29 is 4.42 Å². The summed E-state index contributed by atoms with van der Waals surface area (Å²) < 4.78 is 6.31. The van der Waals surface area contributed by atoms with Gasteiger partial charge in [-0.3, -0.25) is 0 Å². The highest BCUT2D eigenvalue weighted by Gasteiger charge is 2.25. The lowest BCUT2D eigenvalue weighted by Gasteiger charge is -2.24. The van der Waals surface area contributed by atoms with E-state index in [-0.39, 0.29) is 10.8 Å². The fraction of sp³-hybridized carbons (Fsp3) is 0.348. The number of benzene rings is 2. The first-order valence-corrected chi connectivity index (χ1v) is 9.16. The van der Waals surface area contributed by atoms with Crippen LogP contribution in [0.4, 0.5) is 0 Å². The summed E-state index contributed by atoms with van der Waals surface area (Å²) in [6, 6.07) is 12.7. The SMILES string of the molecule is CC(C)(C)c1cc(C(C)(C)C)c2oc(-c3c[nH]c4ccccc34)nc2c1. The van der Waals surface area contributed by atoms with Gasteiger partial charge in [0.15, 0.2) is 5.58 Å². The van der Waals surface area contributed by atoms with Crippen LogP contribution in [-0.2, 0) is 10.8 Å². The van der Waals surface area contributed by atoms with Crippen LogP contribution in [-0.4, -0.2) is 9.97 Å². The molecule has 0 saturated heterocycles. The summed E-state index contributed by atoms with van der Waals surface area (Å²) in [4.78, 5) is 8.18. The number of nitrogens with zero attached hydrogens (tertiary/aromatic N) is 1. The molecule has 0 unspecified atom stereocenters. The third-order valence-corrected chi connectivity index (χ3v) is 4.98. The maximum absolute atomic E-state index is 6.31. The van der Waals surface area contributed by atoms with E-state index in [2.05, 4.69) is 70.8 Å². The van der Waals surface area contributed by atoms with Crippen LogP contribution < -0.4 is 0 Å². The van der Waals surface area contributed by atoms with Crippen molar-refractivity contribution >= 4 is 22.0 Å². The molecule has 3 heteroatoms. The minimum absolute atomic E-state index is 0.0173. The second-order valence-electron chi connectivity index (χ2n) is 9.14. The van der Waals surface area contributed by atoms with E-state index in [1.807, 2.05) is 18.3 Å². The van der Waals surface area contributed by atoms with Crippen LogP contribution in [0.1, 0.15) is 52.7 Å². The molecule has 4 rings (SSSR count). The van der Waals surface area contributed by atoms with E-state index in [0.717, 1.165) is 27.6 Å². The maximum atomic E-state index is 6.31. The van der Waals surface area contributed by atoms with E-state index < -0.39 is 0 Å². The Morgan fingerprint density at radius 2 is 1.65 bits per heavy atom. The van der Waals surface area contributed by atoms with Gasteiger partial charge in [0, 0.05) is 22.7 Å². The van der Waals surface area contributed by atoms with Gasteiger partial charge in [-0.05, 0) is 28.5 Å². The molecule has 0 atom stereocenters. The lowest BCUT2D eigenvalue weighted by Crippen LogP contribution is -2.16. The summed E-state index contributed by atoms with van der Waals surface area (Å²) in [5.41, 5.74) is 6.47. The van der Waals surface area contributed by atoms with Crippen LogP contribution in [0, 0.1) is 0 Å². The summed E-state index contributed by atoms with van der Waals surface area (Å²) in [5, 5.41) is 1.13. The molecule has 4 aromatic rings. The highest BCUT2D eigenvalue weighted by atomic mass is 16.3. The number of hydrogen-bond acceptors (Lipinski definition) is 2. The van der Waals surface area contributed by atoms with Crippen LogP contribution >= 0.6 is 0 Å². The van der Waals surface area contributed by atoms with Crippen LogP contribution in [0.15, 0.2) is 47.0 Å². The molecular formula is C23H26N2O. The second-order valence-corrected chi connectivity index (χ2v) is 9.14. The molecule has 0 aliphatic heterocycles. The number of rotatable bonds is 1. The number of H-pyrrole nitrogens is 1. The van der Waals surface area contributed by atoms with Crippen LogP contribution in [0.3, 0.4) is 0 Å². The highest BCUT2D eigenvalue weighted by molar-refractivity contribution is 5.94. The molecular weight excluding hydrogens is 320 g/mol. The molecule has 26 heavy (non-hydrogen) atoms. The van der Waals surface area contributed by atoms with Gasteiger partial charge >= 0.3 is 0 Å². The number of aromatic nitrogens is 2. The van der Waals surface area contributed by atoms with Gasteiger partial charge in [-0.25, -0.2) is 4.98 Å². The topological polar surface area (TPSA) is 41.8 Å². The van der Waals surface area contributed by atoms with E-state index in [9.17, 15) is 0 Å². The standard InChI is InChI=1S/C23H26N2O/c1-22(2,3)14-11-17(23(4,5)6)20-19(12-14)25-21(26-20)16-13-24-18-10-8-7-9-15(16)18/h7-13,24H,1-6H3. The lowest BCUT2D eigenvalue weighted by atomic mass is 9.80. The Balaban J connectivity index is 2.00. The van der Waals surface area contributed by atoms with Gasteiger partial charge in [-0.2, -0.15) is 0 Å². The van der Waals surface area contributed by atoms with Crippen LogP contribution in [0.25, 0.3) is 33.5 Å². The maximum Gasteiger partial charge on any atom is 0.229 e. The van der Waals surface area contributed by atoms with Gasteiger partial charge in [0.1, 0.15) is 5.52 Å². The third-order valence-electron chi connectivity index (χ3n) is 4.98. The third kappa shape index (κ3) is 2.72. The lowest BCUT2D eigenvalue weighted by molar-refractivity contribution is 0.552. The molecule has 3 nitrogen and oxygen atoms in total. The normalized spacial score (nSPS) is 13.0. The zero-order valence-corrected chi connectivity index (χ0v) is 16.4. The minimum atomic E-state index is -0.0173. The molecule has 0 aliphatic carbocycles. The fourth-order valence-electron chi connectivity index (χ4n) is 3.39. The quantitative estimate of drug-likeness (QED) is 0.423. The highest BCUT2D eigenvalue weighted by Crippen LogP contribution is 2.38. The van der Waals surface area contributed by atoms with Crippen molar-refractivity contribution in [1.29, 1.82) is 0 Å². The number of hydrogen-bond donors (Lipinski definition) is 1. The predicted molar refractivity (Wildman–Crippen MR) is 109 cm³/mol. The first-order valence-electron chi connectivity index (χ1n) is 9.16. The number of para-hydroxylation sites is 1. The van der Waals surface area contributed by atoms with Crippen LogP contribution in [0.5, 0.6) is 0 Å². The van der Waals surface area contributed by atoms with E-state index in [1.54, 1.807) is 0 Å². The Hall–Kier alpha value is -2.55. The van der Waals surface area contributed by atoms with Crippen molar-refractivity contribution in [3.05, 3.63) is 53.7 Å². The van der Waals surface area contributed by atoms with Gasteiger partial charge in [0.25, 0.3) is 0 Å². The Morgan fingerprint density at radius 1 is 0.923 bits per heavy atom. The van der Waals surface area contributed by atoms with Crippen molar-refractivity contribution in [2.45, 2.75) is 52.4 Å². The molecule has 2 heterocycles. The van der Waals surface area contributed by atoms with Crippen molar-refractivity contribution in [2.75, 3.05) is 0 Å². The zero-order chi connectivity index (χ0) is 18.7. The van der Waals surface area contributed by atoms with Gasteiger partial charge < -0.3 is 9.40 Å². The molecule has 134 valence electrons. The Morgan fingerprint density at radius 3 is 2.35 bits per heavy atom. The van der Waals surface area contributed by atoms with E-state index >= 15 is 0 Å². The summed E-state index contributed by atoms with van der Waals surface area (Å²) in [6.07, 6.45) is 1.98. The molecule has 0 radical (unpaired) electrons. The van der Waals surface area contributed by atoms with Crippen molar-refractivity contribution in [3.8, 4) is 11.5 Å². The second kappa shape index (κ2) is 5.47. The van der Waals surface area contributed by atoms with Crippen molar-refractivity contribution in [3.63, 3.8) is 0 Å². The van der Waals surface area contributed by atoms with Crippen LogP contribution in [0.2, 0.25) is 0 Å². The largest absolute Gasteiger partial charge is 0.436 e. The molecule has 1 N–H and O–H groups in total. The van der Waals surface area contributed by atoms with Gasteiger partial charge in [0.2, 0.25) is 5.89 Å². The van der Waals surface area contributed by atoms with Gasteiger partial charge in [-0.1, -0.05) is 65.8 Å². The Labute approximate surface area is 154 Å². The van der Waals surface area contributed by atoms with Gasteiger partial charge in [0.05, 0.1) is 5.56 Å². The first-order chi connectivity index (χ1) is 12.1. The van der Waals surface area contributed by atoms with Gasteiger partial charge in [-0.15, -0.1) is 0 Å². The number of aromatic amines is 1. The molecule has 0 amide bonds. The summed E-state index contributed by atoms with van der Waals surface area (Å²) in [5.74, 6) is 0.675. The number of nitrogens with one attached hydrogen (secondary N) is 1. The monoisotopic (exact) mass is 346 g/mol. The molecule has 0 fully saturated rings. The number of oxazole rings is 1.